The van der Waals surface area contributed by atoms with E-state index in [2.05, 4.69) is 31.3 Å². The Morgan fingerprint density at radius 3 is 1.13 bits per heavy atom. The Hall–Kier alpha value is -1.66. The molecule has 372 valence electrons. The highest BCUT2D eigenvalue weighted by Crippen LogP contribution is 2.16. The van der Waals surface area contributed by atoms with E-state index in [1.165, 1.54) is 212 Å². The smallest absolute Gasteiger partial charge is 0.305 e. The first-order valence-corrected chi connectivity index (χ1v) is 28.1. The number of amides is 1. The fraction of sp³-hybridized carbons (Fsp3) is 0.895. The molecule has 0 bridgehead atoms. The normalized spacial score (nSPS) is 12.8. The summed E-state index contributed by atoms with van der Waals surface area (Å²) in [6.07, 6.45) is 63.3. The number of rotatable bonds is 52. The van der Waals surface area contributed by atoms with E-state index in [0.717, 1.165) is 64.2 Å². The second-order valence-corrected chi connectivity index (χ2v) is 19.3. The van der Waals surface area contributed by atoms with Crippen molar-refractivity contribution in [2.45, 2.75) is 315 Å². The molecule has 0 aliphatic carbocycles. The van der Waals surface area contributed by atoms with E-state index < -0.39 is 12.1 Å². The maximum absolute atomic E-state index is 12.4. The lowest BCUT2D eigenvalue weighted by atomic mass is 10.0. The van der Waals surface area contributed by atoms with Gasteiger partial charge >= 0.3 is 5.97 Å². The quantitative estimate of drug-likeness (QED) is 0.0321. The fourth-order valence-electron chi connectivity index (χ4n) is 8.63. The molecule has 0 saturated heterocycles. The first kappa shape index (κ1) is 61.3. The summed E-state index contributed by atoms with van der Waals surface area (Å²) in [5.41, 5.74) is 0. The van der Waals surface area contributed by atoms with E-state index in [9.17, 15) is 19.8 Å². The van der Waals surface area contributed by atoms with Crippen LogP contribution in [0, 0.1) is 0 Å². The molecule has 0 heterocycles. The van der Waals surface area contributed by atoms with Crippen LogP contribution in [0.2, 0.25) is 0 Å². The van der Waals surface area contributed by atoms with Gasteiger partial charge < -0.3 is 20.3 Å². The summed E-state index contributed by atoms with van der Waals surface area (Å²) in [6.45, 7) is 4.89. The van der Waals surface area contributed by atoms with Crippen LogP contribution < -0.4 is 5.32 Å². The molecular weight excluding hydrogens is 779 g/mol. The van der Waals surface area contributed by atoms with Gasteiger partial charge in [0.05, 0.1) is 25.4 Å². The predicted molar refractivity (Wildman–Crippen MR) is 273 cm³/mol. The zero-order chi connectivity index (χ0) is 45.8. The van der Waals surface area contributed by atoms with Crippen molar-refractivity contribution in [1.82, 2.24) is 5.32 Å². The number of carbonyl (C=O) groups excluding carboxylic acids is 2. The summed E-state index contributed by atoms with van der Waals surface area (Å²) in [5, 5.41) is 23.0. The summed E-state index contributed by atoms with van der Waals surface area (Å²) in [6, 6.07) is -0.639. The zero-order valence-corrected chi connectivity index (χ0v) is 42.3. The van der Waals surface area contributed by atoms with Gasteiger partial charge in [0.25, 0.3) is 0 Å². The Kier molecular flexibility index (Phi) is 51.6. The van der Waals surface area contributed by atoms with Gasteiger partial charge in [0, 0.05) is 12.8 Å². The molecule has 6 heteroatoms. The molecule has 0 fully saturated rings. The molecule has 0 aromatic rings. The number of unbranched alkanes of at least 4 members (excludes halogenated alkanes) is 39. The lowest BCUT2D eigenvalue weighted by Crippen LogP contribution is -2.45. The van der Waals surface area contributed by atoms with E-state index in [-0.39, 0.29) is 18.5 Å². The lowest BCUT2D eigenvalue weighted by molar-refractivity contribution is -0.143. The van der Waals surface area contributed by atoms with Crippen molar-refractivity contribution in [2.24, 2.45) is 0 Å². The molecule has 0 saturated carbocycles. The molecule has 0 rings (SSSR count). The van der Waals surface area contributed by atoms with E-state index in [1.54, 1.807) is 6.08 Å². The van der Waals surface area contributed by atoms with Crippen molar-refractivity contribution in [2.75, 3.05) is 13.2 Å². The Morgan fingerprint density at radius 1 is 0.429 bits per heavy atom. The number of carbonyl (C=O) groups is 2. The number of hydrogen-bond acceptors (Lipinski definition) is 5. The number of nitrogens with one attached hydrogen (secondary N) is 1. The summed E-state index contributed by atoms with van der Waals surface area (Å²) >= 11 is 0. The number of aliphatic hydroxyl groups excluding tert-OH is 2. The first-order chi connectivity index (χ1) is 31.0. The molecule has 0 aliphatic rings. The van der Waals surface area contributed by atoms with Crippen LogP contribution in [0.3, 0.4) is 0 Å². The number of esters is 1. The van der Waals surface area contributed by atoms with Crippen molar-refractivity contribution < 1.29 is 24.5 Å². The van der Waals surface area contributed by atoms with Crippen LogP contribution in [0.5, 0.6) is 0 Å². The average Bonchev–Trinajstić information content (AvgIpc) is 3.28. The van der Waals surface area contributed by atoms with E-state index in [4.69, 9.17) is 4.74 Å². The highest BCUT2D eigenvalue weighted by atomic mass is 16.5. The standard InChI is InChI=1S/C57H109NO5/c1-3-5-7-9-11-13-15-17-18-19-23-27-31-35-39-43-47-51-57(62)63-52-48-44-40-36-32-28-24-21-20-22-26-30-34-38-42-46-50-56(61)58-54(53-59)55(60)49-45-41-37-33-29-25-16-14-12-10-8-6-4-2/h20,22,45,49,54-55,59-60H,3-19,21,23-44,46-48,50-53H2,1-2H3,(H,58,61)/b22-20-,49-45+. The first-order valence-electron chi connectivity index (χ1n) is 28.1. The fourth-order valence-corrected chi connectivity index (χ4v) is 8.63. The van der Waals surface area contributed by atoms with Crippen LogP contribution in [0.4, 0.5) is 0 Å². The molecule has 0 spiro atoms. The number of ether oxygens (including phenoxy) is 1. The second kappa shape index (κ2) is 53.0. The van der Waals surface area contributed by atoms with Gasteiger partial charge in [0.1, 0.15) is 0 Å². The van der Waals surface area contributed by atoms with E-state index in [0.29, 0.717) is 19.4 Å². The third-order valence-corrected chi connectivity index (χ3v) is 13.0. The summed E-state index contributed by atoms with van der Waals surface area (Å²) < 4.78 is 5.48. The Morgan fingerprint density at radius 2 is 0.746 bits per heavy atom. The Balaban J connectivity index is 3.46. The molecule has 0 aliphatic heterocycles. The van der Waals surface area contributed by atoms with Gasteiger partial charge in [-0.3, -0.25) is 9.59 Å². The molecule has 0 aromatic carbocycles. The molecule has 3 N–H and O–H groups in total. The minimum Gasteiger partial charge on any atom is -0.466 e. The average molecular weight is 889 g/mol. The minimum absolute atomic E-state index is 0.0000217. The van der Waals surface area contributed by atoms with Crippen LogP contribution in [-0.4, -0.2) is 47.4 Å². The second-order valence-electron chi connectivity index (χ2n) is 19.3. The van der Waals surface area contributed by atoms with E-state index >= 15 is 0 Å². The lowest BCUT2D eigenvalue weighted by Gasteiger charge is -2.20. The van der Waals surface area contributed by atoms with Gasteiger partial charge in [-0.15, -0.1) is 0 Å². The van der Waals surface area contributed by atoms with Crippen LogP contribution >= 0.6 is 0 Å². The van der Waals surface area contributed by atoms with Gasteiger partial charge in [-0.2, -0.15) is 0 Å². The van der Waals surface area contributed by atoms with Crippen molar-refractivity contribution in [3.63, 3.8) is 0 Å². The van der Waals surface area contributed by atoms with Gasteiger partial charge in [-0.1, -0.05) is 256 Å². The number of allylic oxidation sites excluding steroid dienone is 3. The largest absolute Gasteiger partial charge is 0.466 e. The summed E-state index contributed by atoms with van der Waals surface area (Å²) in [5.74, 6) is -0.0848. The third kappa shape index (κ3) is 49.6. The monoisotopic (exact) mass is 888 g/mol. The highest BCUT2D eigenvalue weighted by Gasteiger charge is 2.18. The summed E-state index contributed by atoms with van der Waals surface area (Å²) in [7, 11) is 0. The molecule has 2 unspecified atom stereocenters. The zero-order valence-electron chi connectivity index (χ0n) is 42.3. The van der Waals surface area contributed by atoms with Crippen LogP contribution in [0.15, 0.2) is 24.3 Å². The SMILES string of the molecule is CCCCCCCCCCCCC/C=C/C(O)C(CO)NC(=O)CCCCCCC/C=C\CCCCCCCCCOC(=O)CCCCCCCCCCCCCCCCCCC. The van der Waals surface area contributed by atoms with Crippen LogP contribution in [0.25, 0.3) is 0 Å². The van der Waals surface area contributed by atoms with Gasteiger partial charge in [-0.05, 0) is 57.8 Å². The summed E-state index contributed by atoms with van der Waals surface area (Å²) in [4.78, 5) is 24.5. The minimum atomic E-state index is -0.853. The topological polar surface area (TPSA) is 95.9 Å². The molecule has 6 nitrogen and oxygen atoms in total. The van der Waals surface area contributed by atoms with Gasteiger partial charge in [0.2, 0.25) is 5.91 Å². The van der Waals surface area contributed by atoms with Crippen molar-refractivity contribution >= 4 is 11.9 Å². The number of aliphatic hydroxyl groups is 2. The molecular formula is C57H109NO5. The van der Waals surface area contributed by atoms with E-state index in [1.807, 2.05) is 6.08 Å². The van der Waals surface area contributed by atoms with Crippen LogP contribution in [0.1, 0.15) is 303 Å². The maximum atomic E-state index is 12.4. The molecule has 1 amide bonds. The predicted octanol–water partition coefficient (Wildman–Crippen LogP) is 17.1. The molecule has 63 heavy (non-hydrogen) atoms. The number of hydrogen-bond donors (Lipinski definition) is 3. The Bertz CT molecular complexity index is 982. The molecule has 0 aromatic heterocycles. The molecule has 2 atom stereocenters. The maximum Gasteiger partial charge on any atom is 0.305 e. The van der Waals surface area contributed by atoms with Crippen molar-refractivity contribution in [1.29, 1.82) is 0 Å². The van der Waals surface area contributed by atoms with Gasteiger partial charge in [-0.25, -0.2) is 0 Å². The van der Waals surface area contributed by atoms with Gasteiger partial charge in [0.15, 0.2) is 0 Å². The third-order valence-electron chi connectivity index (χ3n) is 13.0. The highest BCUT2D eigenvalue weighted by molar-refractivity contribution is 5.76. The molecule has 0 radical (unpaired) electrons. The van der Waals surface area contributed by atoms with Crippen molar-refractivity contribution in [3.8, 4) is 0 Å². The van der Waals surface area contributed by atoms with Crippen LogP contribution in [-0.2, 0) is 14.3 Å². The Labute approximate surface area is 392 Å². The van der Waals surface area contributed by atoms with Crippen molar-refractivity contribution in [3.05, 3.63) is 24.3 Å².